The molecule has 0 radical (unpaired) electrons. The molecular weight excluding hydrogens is 514 g/mol. The summed E-state index contributed by atoms with van der Waals surface area (Å²) in [6.45, 7) is 15.2. The molecule has 9 atom stereocenters. The highest BCUT2D eigenvalue weighted by atomic mass is 16.5. The standard InChI is InChI=1S/C35H55NO5/c1-23-18-32-33(36(22-23)12-13-39-16-17-40-15-14-38-5)25(3)35(41-32)11-9-28-29-7-6-26-19-27(37)8-10-34(26,4)31(29)20-30(28)24(2)21-35/h19,23,25,28-29,31-33H,6-18,20-22H2,1-5H3/t23-,25+,28-,29-,31-,32+,33-,34-,35-/m0/s1. The number of methoxy groups -OCH3 is 1. The number of nitrogens with zero attached hydrogens (tertiary/aromatic N) is 1. The largest absolute Gasteiger partial charge is 0.382 e. The van der Waals surface area contributed by atoms with E-state index in [0.717, 1.165) is 51.3 Å². The molecule has 230 valence electrons. The molecule has 0 unspecified atom stereocenters. The number of carbonyl (C=O) groups excluding carboxylic acids is 1. The zero-order valence-corrected chi connectivity index (χ0v) is 26.4. The van der Waals surface area contributed by atoms with E-state index in [1.807, 2.05) is 6.08 Å². The van der Waals surface area contributed by atoms with Crippen molar-refractivity contribution in [2.24, 2.45) is 35.0 Å². The maximum Gasteiger partial charge on any atom is 0.155 e. The summed E-state index contributed by atoms with van der Waals surface area (Å²) in [5.74, 6) is 3.72. The van der Waals surface area contributed by atoms with E-state index in [1.165, 1.54) is 37.7 Å². The third-order valence-corrected chi connectivity index (χ3v) is 12.5. The van der Waals surface area contributed by atoms with Gasteiger partial charge in [-0.15, -0.1) is 0 Å². The molecule has 2 saturated heterocycles. The Labute approximate surface area is 248 Å². The maximum absolute atomic E-state index is 12.2. The van der Waals surface area contributed by atoms with Crippen LogP contribution in [-0.2, 0) is 23.7 Å². The predicted molar refractivity (Wildman–Crippen MR) is 161 cm³/mol. The van der Waals surface area contributed by atoms with Crippen molar-refractivity contribution in [1.82, 2.24) is 4.90 Å². The fraction of sp³-hybridized carbons (Fsp3) is 0.857. The quantitative estimate of drug-likeness (QED) is 0.251. The molecule has 0 aromatic rings. The third-order valence-electron chi connectivity index (χ3n) is 12.5. The van der Waals surface area contributed by atoms with E-state index in [1.54, 1.807) is 18.3 Å². The molecular formula is C35H55NO5. The highest BCUT2D eigenvalue weighted by Gasteiger charge is 2.59. The van der Waals surface area contributed by atoms with E-state index in [9.17, 15) is 4.79 Å². The van der Waals surface area contributed by atoms with Gasteiger partial charge >= 0.3 is 0 Å². The molecule has 6 rings (SSSR count). The highest BCUT2D eigenvalue weighted by molar-refractivity contribution is 5.91. The molecule has 0 amide bonds. The molecule has 0 N–H and O–H groups in total. The van der Waals surface area contributed by atoms with Crippen molar-refractivity contribution >= 4 is 5.78 Å². The Morgan fingerprint density at radius 3 is 2.63 bits per heavy atom. The average molecular weight is 570 g/mol. The van der Waals surface area contributed by atoms with Gasteiger partial charge in [-0.05, 0) is 93.5 Å². The van der Waals surface area contributed by atoms with E-state index < -0.39 is 0 Å². The van der Waals surface area contributed by atoms with Crippen LogP contribution in [0.4, 0.5) is 0 Å². The van der Waals surface area contributed by atoms with Gasteiger partial charge in [0.1, 0.15) is 0 Å². The van der Waals surface area contributed by atoms with E-state index in [4.69, 9.17) is 18.9 Å². The van der Waals surface area contributed by atoms with Crippen molar-refractivity contribution in [2.45, 2.75) is 103 Å². The number of carbonyl (C=O) groups is 1. The van der Waals surface area contributed by atoms with Crippen LogP contribution in [-0.4, -0.2) is 81.7 Å². The Balaban J connectivity index is 1.13. The van der Waals surface area contributed by atoms with Gasteiger partial charge in [0.05, 0.1) is 44.7 Å². The minimum atomic E-state index is -0.0362. The first-order valence-electron chi connectivity index (χ1n) is 16.7. The van der Waals surface area contributed by atoms with Gasteiger partial charge in [0.25, 0.3) is 0 Å². The van der Waals surface area contributed by atoms with Crippen LogP contribution in [0.1, 0.15) is 85.5 Å². The number of hydrogen-bond acceptors (Lipinski definition) is 6. The second-order valence-corrected chi connectivity index (χ2v) is 14.7. The van der Waals surface area contributed by atoms with E-state index in [0.29, 0.717) is 68.0 Å². The summed E-state index contributed by atoms with van der Waals surface area (Å²) in [5, 5.41) is 0. The molecule has 4 fully saturated rings. The zero-order valence-electron chi connectivity index (χ0n) is 26.4. The molecule has 41 heavy (non-hydrogen) atoms. The predicted octanol–water partition coefficient (Wildman–Crippen LogP) is 5.99. The zero-order chi connectivity index (χ0) is 28.8. The van der Waals surface area contributed by atoms with Gasteiger partial charge in [-0.2, -0.15) is 0 Å². The topological polar surface area (TPSA) is 57.2 Å². The number of fused-ring (bicyclic) bond motifs is 6. The smallest absolute Gasteiger partial charge is 0.155 e. The fourth-order valence-electron chi connectivity index (χ4n) is 10.4. The van der Waals surface area contributed by atoms with Gasteiger partial charge in [0, 0.05) is 38.6 Å². The normalized spacial score (nSPS) is 42.5. The molecule has 2 saturated carbocycles. The van der Waals surface area contributed by atoms with E-state index in [2.05, 4.69) is 32.6 Å². The lowest BCUT2D eigenvalue weighted by Crippen LogP contribution is -2.52. The molecule has 1 spiro atoms. The first-order chi connectivity index (χ1) is 19.8. The number of ketones is 1. The molecule has 2 heterocycles. The van der Waals surface area contributed by atoms with E-state index >= 15 is 0 Å². The van der Waals surface area contributed by atoms with Gasteiger partial charge in [-0.25, -0.2) is 0 Å². The third kappa shape index (κ3) is 5.54. The summed E-state index contributed by atoms with van der Waals surface area (Å²) in [6.07, 6.45) is 12.5. The number of hydrogen-bond donors (Lipinski definition) is 0. The van der Waals surface area contributed by atoms with Crippen LogP contribution < -0.4 is 0 Å². The maximum atomic E-state index is 12.2. The molecule has 0 bridgehead atoms. The van der Waals surface area contributed by atoms with Crippen molar-refractivity contribution in [3.05, 3.63) is 22.8 Å². The second kappa shape index (κ2) is 12.1. The fourth-order valence-corrected chi connectivity index (χ4v) is 10.4. The van der Waals surface area contributed by atoms with Crippen LogP contribution in [0.25, 0.3) is 0 Å². The number of ether oxygens (including phenoxy) is 4. The lowest BCUT2D eigenvalue weighted by Gasteiger charge is -2.48. The molecule has 0 aromatic carbocycles. The summed E-state index contributed by atoms with van der Waals surface area (Å²) in [6, 6.07) is 0.484. The van der Waals surface area contributed by atoms with Gasteiger partial charge < -0.3 is 18.9 Å². The summed E-state index contributed by atoms with van der Waals surface area (Å²) in [5.41, 5.74) is 5.06. The van der Waals surface area contributed by atoms with Gasteiger partial charge in [-0.3, -0.25) is 9.69 Å². The summed E-state index contributed by atoms with van der Waals surface area (Å²) in [4.78, 5) is 14.9. The summed E-state index contributed by atoms with van der Waals surface area (Å²) in [7, 11) is 1.70. The molecule has 2 aliphatic heterocycles. The molecule has 6 aliphatic rings. The Morgan fingerprint density at radius 1 is 1.05 bits per heavy atom. The van der Waals surface area contributed by atoms with Crippen LogP contribution in [0.15, 0.2) is 22.8 Å². The SMILES string of the molecule is COCCOCCOCCN1C[C@@H](C)C[C@H]2O[C@]3(CC[C@@H]4C(=C(C)C3)C[C@H]3[C@H]4CCC4=CC(=O)CC[C@@]43C)[C@H](C)[C@@H]21. The minimum absolute atomic E-state index is 0.0362. The molecule has 6 heteroatoms. The summed E-state index contributed by atoms with van der Waals surface area (Å²) < 4.78 is 23.9. The van der Waals surface area contributed by atoms with Crippen LogP contribution in [0.3, 0.4) is 0 Å². The first-order valence-corrected chi connectivity index (χ1v) is 16.7. The minimum Gasteiger partial charge on any atom is -0.382 e. The van der Waals surface area contributed by atoms with Crippen molar-refractivity contribution in [3.63, 3.8) is 0 Å². The molecule has 4 aliphatic carbocycles. The Kier molecular flexibility index (Phi) is 8.89. The lowest BCUT2D eigenvalue weighted by atomic mass is 9.56. The van der Waals surface area contributed by atoms with Crippen LogP contribution >= 0.6 is 0 Å². The number of rotatable bonds is 9. The van der Waals surface area contributed by atoms with Gasteiger partial charge in [-0.1, -0.05) is 37.5 Å². The van der Waals surface area contributed by atoms with Crippen molar-refractivity contribution < 1.29 is 23.7 Å². The van der Waals surface area contributed by atoms with Gasteiger partial charge in [0.2, 0.25) is 0 Å². The average Bonchev–Trinajstić information content (AvgIpc) is 3.40. The lowest BCUT2D eigenvalue weighted by molar-refractivity contribution is -0.116. The Morgan fingerprint density at radius 2 is 1.83 bits per heavy atom. The van der Waals surface area contributed by atoms with E-state index in [-0.39, 0.29) is 11.0 Å². The Hall–Kier alpha value is -1.05. The van der Waals surface area contributed by atoms with Crippen LogP contribution in [0, 0.1) is 35.0 Å². The second-order valence-electron chi connectivity index (χ2n) is 14.7. The monoisotopic (exact) mass is 569 g/mol. The van der Waals surface area contributed by atoms with Gasteiger partial charge in [0.15, 0.2) is 5.78 Å². The number of allylic oxidation sites excluding steroid dienone is 3. The molecule has 6 nitrogen and oxygen atoms in total. The Bertz CT molecular complexity index is 1040. The first kappa shape index (κ1) is 30.0. The van der Waals surface area contributed by atoms with Crippen molar-refractivity contribution in [1.29, 1.82) is 0 Å². The number of piperidine rings is 1. The molecule has 0 aromatic heterocycles. The summed E-state index contributed by atoms with van der Waals surface area (Å²) >= 11 is 0. The number of likely N-dealkylation sites (tertiary alicyclic amines) is 1. The highest BCUT2D eigenvalue weighted by Crippen LogP contribution is 2.64. The van der Waals surface area contributed by atoms with Crippen molar-refractivity contribution in [3.8, 4) is 0 Å². The van der Waals surface area contributed by atoms with Crippen molar-refractivity contribution in [2.75, 3.05) is 53.2 Å². The van der Waals surface area contributed by atoms with Crippen LogP contribution in [0.5, 0.6) is 0 Å². The van der Waals surface area contributed by atoms with Crippen LogP contribution in [0.2, 0.25) is 0 Å².